The Balaban J connectivity index is 1.65. The van der Waals surface area contributed by atoms with Crippen LogP contribution in [0.1, 0.15) is 44.1 Å². The number of carbonyl (C=O) groups is 1. The predicted octanol–water partition coefficient (Wildman–Crippen LogP) is 3.15. The van der Waals surface area contributed by atoms with Gasteiger partial charge in [-0.05, 0) is 50.6 Å². The zero-order valence-corrected chi connectivity index (χ0v) is 14.8. The number of carbonyl (C=O) groups excluding carboxylic acids is 1. The molecule has 1 saturated carbocycles. The van der Waals surface area contributed by atoms with E-state index in [1.165, 1.54) is 45.3 Å². The van der Waals surface area contributed by atoms with Crippen molar-refractivity contribution in [2.24, 2.45) is 0 Å². The standard InChI is InChI=1S/C19H29FN2O2/c1-22(16-7-4-3-5-8-16)12-6-11-21-19(23)14-15-9-10-18(24-2)17(20)13-15/h9-10,13,16H,3-8,11-12,14H2,1-2H3,(H,21,23). The fourth-order valence-corrected chi connectivity index (χ4v) is 3.33. The first-order valence-electron chi connectivity index (χ1n) is 8.89. The van der Waals surface area contributed by atoms with Crippen LogP contribution in [-0.2, 0) is 11.2 Å². The van der Waals surface area contributed by atoms with Crippen LogP contribution in [0, 0.1) is 5.82 Å². The first kappa shape index (κ1) is 18.7. The molecule has 0 saturated heterocycles. The number of methoxy groups -OCH3 is 1. The summed E-state index contributed by atoms with van der Waals surface area (Å²) in [6, 6.07) is 5.33. The topological polar surface area (TPSA) is 41.6 Å². The highest BCUT2D eigenvalue weighted by molar-refractivity contribution is 5.78. The summed E-state index contributed by atoms with van der Waals surface area (Å²) in [5.41, 5.74) is 0.658. The Morgan fingerprint density at radius 2 is 2.08 bits per heavy atom. The highest BCUT2D eigenvalue weighted by atomic mass is 19.1. The minimum atomic E-state index is -0.433. The fourth-order valence-electron chi connectivity index (χ4n) is 3.33. The average molecular weight is 336 g/mol. The van der Waals surface area contributed by atoms with E-state index in [2.05, 4.69) is 17.3 Å². The number of halogens is 1. The van der Waals surface area contributed by atoms with Crippen LogP contribution >= 0.6 is 0 Å². The number of nitrogens with zero attached hydrogens (tertiary/aromatic N) is 1. The third-order valence-corrected chi connectivity index (χ3v) is 4.79. The van der Waals surface area contributed by atoms with Gasteiger partial charge in [0, 0.05) is 12.6 Å². The molecule has 1 aromatic carbocycles. The van der Waals surface area contributed by atoms with Crippen molar-refractivity contribution in [1.29, 1.82) is 0 Å². The third-order valence-electron chi connectivity index (χ3n) is 4.79. The summed E-state index contributed by atoms with van der Waals surface area (Å²) in [4.78, 5) is 14.4. The van der Waals surface area contributed by atoms with Gasteiger partial charge in [-0.2, -0.15) is 0 Å². The van der Waals surface area contributed by atoms with Crippen molar-refractivity contribution < 1.29 is 13.9 Å². The van der Waals surface area contributed by atoms with E-state index in [4.69, 9.17) is 4.74 Å². The lowest BCUT2D eigenvalue weighted by molar-refractivity contribution is -0.120. The molecule has 1 N–H and O–H groups in total. The SMILES string of the molecule is COc1ccc(CC(=O)NCCCN(C)C2CCCCC2)cc1F. The van der Waals surface area contributed by atoms with Crippen molar-refractivity contribution >= 4 is 5.91 Å². The van der Waals surface area contributed by atoms with Gasteiger partial charge >= 0.3 is 0 Å². The lowest BCUT2D eigenvalue weighted by atomic mass is 9.94. The number of amides is 1. The third kappa shape index (κ3) is 5.78. The summed E-state index contributed by atoms with van der Waals surface area (Å²) in [6.07, 6.45) is 7.77. The molecule has 134 valence electrons. The molecule has 1 aliphatic rings. The van der Waals surface area contributed by atoms with Gasteiger partial charge in [-0.3, -0.25) is 4.79 Å². The van der Waals surface area contributed by atoms with Gasteiger partial charge in [0.1, 0.15) is 0 Å². The van der Waals surface area contributed by atoms with Crippen LogP contribution in [-0.4, -0.2) is 44.1 Å². The molecule has 0 heterocycles. The van der Waals surface area contributed by atoms with Gasteiger partial charge in [-0.15, -0.1) is 0 Å². The molecule has 0 aliphatic heterocycles. The average Bonchev–Trinajstić information content (AvgIpc) is 2.59. The summed E-state index contributed by atoms with van der Waals surface area (Å²) >= 11 is 0. The van der Waals surface area contributed by atoms with Crippen LogP contribution in [0.4, 0.5) is 4.39 Å². The van der Waals surface area contributed by atoms with Crippen LogP contribution in [0.5, 0.6) is 5.75 Å². The van der Waals surface area contributed by atoms with E-state index >= 15 is 0 Å². The van der Waals surface area contributed by atoms with Gasteiger partial charge in [0.15, 0.2) is 11.6 Å². The maximum absolute atomic E-state index is 13.6. The van der Waals surface area contributed by atoms with E-state index in [0.29, 0.717) is 18.2 Å². The molecule has 1 amide bonds. The molecule has 5 heteroatoms. The fraction of sp³-hybridized carbons (Fsp3) is 0.632. The first-order chi connectivity index (χ1) is 11.6. The second-order valence-corrected chi connectivity index (χ2v) is 6.62. The van der Waals surface area contributed by atoms with Crippen molar-refractivity contribution in [1.82, 2.24) is 10.2 Å². The summed E-state index contributed by atoms with van der Waals surface area (Å²) in [5.74, 6) is -0.304. The van der Waals surface area contributed by atoms with Crippen LogP contribution in [0.25, 0.3) is 0 Å². The Hall–Kier alpha value is -1.62. The first-order valence-corrected chi connectivity index (χ1v) is 8.89. The lowest BCUT2D eigenvalue weighted by Crippen LogP contribution is -2.36. The molecule has 0 spiro atoms. The molecular weight excluding hydrogens is 307 g/mol. The Bertz CT molecular complexity index is 530. The van der Waals surface area contributed by atoms with E-state index in [1.54, 1.807) is 12.1 Å². The number of hydrogen-bond acceptors (Lipinski definition) is 3. The number of benzene rings is 1. The van der Waals surface area contributed by atoms with E-state index in [9.17, 15) is 9.18 Å². The van der Waals surface area contributed by atoms with Crippen molar-refractivity contribution in [3.8, 4) is 5.75 Å². The van der Waals surface area contributed by atoms with E-state index in [1.807, 2.05) is 0 Å². The molecule has 4 nitrogen and oxygen atoms in total. The van der Waals surface area contributed by atoms with Gasteiger partial charge in [-0.25, -0.2) is 4.39 Å². The molecule has 0 radical (unpaired) electrons. The van der Waals surface area contributed by atoms with Crippen molar-refractivity contribution in [3.05, 3.63) is 29.6 Å². The molecule has 1 fully saturated rings. The largest absolute Gasteiger partial charge is 0.494 e. The predicted molar refractivity (Wildman–Crippen MR) is 93.8 cm³/mol. The number of hydrogen-bond donors (Lipinski definition) is 1. The van der Waals surface area contributed by atoms with Crippen LogP contribution in [0.2, 0.25) is 0 Å². The van der Waals surface area contributed by atoms with E-state index in [-0.39, 0.29) is 18.1 Å². The Kier molecular flexibility index (Phi) is 7.50. The van der Waals surface area contributed by atoms with Gasteiger partial charge in [-0.1, -0.05) is 25.3 Å². The molecule has 0 atom stereocenters. The zero-order chi connectivity index (χ0) is 17.4. The summed E-state index contributed by atoms with van der Waals surface area (Å²) < 4.78 is 18.5. The van der Waals surface area contributed by atoms with Crippen molar-refractivity contribution in [2.75, 3.05) is 27.2 Å². The summed E-state index contributed by atoms with van der Waals surface area (Å²) in [5, 5.41) is 2.92. The van der Waals surface area contributed by atoms with Gasteiger partial charge < -0.3 is 15.0 Å². The Labute approximate surface area is 144 Å². The smallest absolute Gasteiger partial charge is 0.224 e. The highest BCUT2D eigenvalue weighted by Gasteiger charge is 2.17. The lowest BCUT2D eigenvalue weighted by Gasteiger charge is -2.31. The quantitative estimate of drug-likeness (QED) is 0.742. The molecular formula is C19H29FN2O2. The second-order valence-electron chi connectivity index (χ2n) is 6.62. The minimum absolute atomic E-state index is 0.0695. The minimum Gasteiger partial charge on any atom is -0.494 e. The van der Waals surface area contributed by atoms with E-state index in [0.717, 1.165) is 13.0 Å². The maximum Gasteiger partial charge on any atom is 0.224 e. The molecule has 0 bridgehead atoms. The van der Waals surface area contributed by atoms with Crippen molar-refractivity contribution in [2.45, 2.75) is 51.0 Å². The number of rotatable bonds is 8. The molecule has 0 aromatic heterocycles. The number of nitrogens with one attached hydrogen (secondary N) is 1. The highest BCUT2D eigenvalue weighted by Crippen LogP contribution is 2.21. The van der Waals surface area contributed by atoms with E-state index < -0.39 is 5.82 Å². The number of ether oxygens (including phenoxy) is 1. The zero-order valence-electron chi connectivity index (χ0n) is 14.8. The Morgan fingerprint density at radius 1 is 1.33 bits per heavy atom. The monoisotopic (exact) mass is 336 g/mol. The molecule has 1 aliphatic carbocycles. The van der Waals surface area contributed by atoms with Crippen LogP contribution < -0.4 is 10.1 Å². The van der Waals surface area contributed by atoms with Gasteiger partial charge in [0.2, 0.25) is 5.91 Å². The second kappa shape index (κ2) is 9.62. The molecule has 2 rings (SSSR count). The van der Waals surface area contributed by atoms with Crippen LogP contribution in [0.3, 0.4) is 0 Å². The molecule has 1 aromatic rings. The van der Waals surface area contributed by atoms with Gasteiger partial charge in [0.25, 0.3) is 0 Å². The van der Waals surface area contributed by atoms with Gasteiger partial charge in [0.05, 0.1) is 13.5 Å². The van der Waals surface area contributed by atoms with Crippen LogP contribution in [0.15, 0.2) is 18.2 Å². The maximum atomic E-state index is 13.6. The summed E-state index contributed by atoms with van der Waals surface area (Å²) in [6.45, 7) is 1.66. The molecule has 24 heavy (non-hydrogen) atoms. The Morgan fingerprint density at radius 3 is 2.75 bits per heavy atom. The normalized spacial score (nSPS) is 15.5. The van der Waals surface area contributed by atoms with Crippen molar-refractivity contribution in [3.63, 3.8) is 0 Å². The summed E-state index contributed by atoms with van der Waals surface area (Å²) in [7, 11) is 3.60. The molecule has 0 unspecified atom stereocenters.